The largest absolute Gasteiger partial charge is 0.416 e. The first kappa shape index (κ1) is 14.4. The van der Waals surface area contributed by atoms with Gasteiger partial charge in [0.1, 0.15) is 12.1 Å². The number of hydrogen-bond donors (Lipinski definition) is 1. The summed E-state index contributed by atoms with van der Waals surface area (Å²) in [5, 5.41) is 20.7. The maximum atomic E-state index is 12.6. The van der Waals surface area contributed by atoms with Crippen LogP contribution in [0, 0.1) is 22.7 Å². The molecule has 0 saturated heterocycles. The van der Waals surface area contributed by atoms with Crippen LogP contribution in [0.25, 0.3) is 0 Å². The van der Waals surface area contributed by atoms with E-state index in [1.165, 1.54) is 18.5 Å². The Labute approximate surface area is 118 Å². The Bertz CT molecular complexity index is 754. The summed E-state index contributed by atoms with van der Waals surface area (Å²) in [4.78, 5) is 3.83. The fraction of sp³-hybridized carbons (Fsp3) is 0.0714. The minimum Gasteiger partial charge on any atom is -0.352 e. The molecule has 0 radical (unpaired) electrons. The van der Waals surface area contributed by atoms with Crippen molar-refractivity contribution in [1.82, 2.24) is 4.98 Å². The molecule has 1 aromatic heterocycles. The number of nitrogens with one attached hydrogen (secondary N) is 1. The summed E-state index contributed by atoms with van der Waals surface area (Å²) in [6.07, 6.45) is -1.74. The summed E-state index contributed by atoms with van der Waals surface area (Å²) in [6.45, 7) is 0. The van der Waals surface area contributed by atoms with Gasteiger partial charge in [-0.15, -0.1) is 0 Å². The Kier molecular flexibility index (Phi) is 3.77. The second-order valence-corrected chi connectivity index (χ2v) is 4.03. The van der Waals surface area contributed by atoms with Gasteiger partial charge in [-0.05, 0) is 24.3 Å². The normalized spacial score (nSPS) is 10.5. The molecule has 0 aliphatic rings. The van der Waals surface area contributed by atoms with Gasteiger partial charge in [0.15, 0.2) is 0 Å². The Morgan fingerprint density at radius 2 is 1.71 bits per heavy atom. The van der Waals surface area contributed by atoms with Crippen molar-refractivity contribution < 1.29 is 13.2 Å². The first-order chi connectivity index (χ1) is 9.95. The smallest absolute Gasteiger partial charge is 0.352 e. The maximum absolute atomic E-state index is 12.6. The molecular formula is C14H7F3N4. The lowest BCUT2D eigenvalue weighted by Gasteiger charge is -2.12. The number of benzene rings is 1. The number of aromatic nitrogens is 1. The van der Waals surface area contributed by atoms with E-state index in [2.05, 4.69) is 10.3 Å². The Morgan fingerprint density at radius 3 is 2.33 bits per heavy atom. The minimum absolute atomic E-state index is 0.169. The molecule has 21 heavy (non-hydrogen) atoms. The SMILES string of the molecule is N#Cc1cc(C(F)(F)F)ccc1Nc1cnccc1C#N. The van der Waals surface area contributed by atoms with Crippen molar-refractivity contribution in [2.24, 2.45) is 0 Å². The van der Waals surface area contributed by atoms with E-state index in [4.69, 9.17) is 10.5 Å². The molecule has 0 saturated carbocycles. The van der Waals surface area contributed by atoms with Crippen LogP contribution in [0.2, 0.25) is 0 Å². The van der Waals surface area contributed by atoms with Gasteiger partial charge >= 0.3 is 6.18 Å². The van der Waals surface area contributed by atoms with E-state index in [1.807, 2.05) is 6.07 Å². The minimum atomic E-state index is -4.52. The van der Waals surface area contributed by atoms with Gasteiger partial charge in [0, 0.05) is 6.20 Å². The molecule has 4 nitrogen and oxygen atoms in total. The van der Waals surface area contributed by atoms with E-state index < -0.39 is 11.7 Å². The van der Waals surface area contributed by atoms with Crippen LogP contribution in [0.15, 0.2) is 36.7 Å². The van der Waals surface area contributed by atoms with Crippen LogP contribution in [0.3, 0.4) is 0 Å². The molecule has 0 aliphatic carbocycles. The first-order valence-electron chi connectivity index (χ1n) is 5.68. The van der Waals surface area contributed by atoms with Crippen LogP contribution < -0.4 is 5.32 Å². The molecule has 2 aromatic rings. The van der Waals surface area contributed by atoms with Crippen molar-refractivity contribution in [3.05, 3.63) is 53.3 Å². The molecule has 0 spiro atoms. The summed E-state index contributed by atoms with van der Waals surface area (Å²) in [6, 6.07) is 7.85. The van der Waals surface area contributed by atoms with Gasteiger partial charge in [0.25, 0.3) is 0 Å². The van der Waals surface area contributed by atoms with E-state index in [0.717, 1.165) is 18.2 Å². The Balaban J connectivity index is 2.42. The zero-order valence-electron chi connectivity index (χ0n) is 10.4. The number of anilines is 2. The van der Waals surface area contributed by atoms with Crippen LogP contribution in [-0.4, -0.2) is 4.98 Å². The zero-order chi connectivity index (χ0) is 15.5. The topological polar surface area (TPSA) is 72.5 Å². The van der Waals surface area contributed by atoms with E-state index in [-0.39, 0.29) is 16.8 Å². The molecule has 0 atom stereocenters. The average molecular weight is 288 g/mol. The molecule has 2 rings (SSSR count). The second-order valence-electron chi connectivity index (χ2n) is 4.03. The Morgan fingerprint density at radius 1 is 1.00 bits per heavy atom. The number of nitriles is 2. The summed E-state index contributed by atoms with van der Waals surface area (Å²) >= 11 is 0. The lowest BCUT2D eigenvalue weighted by atomic mass is 10.1. The van der Waals surface area contributed by atoms with Crippen LogP contribution in [0.5, 0.6) is 0 Å². The predicted molar refractivity (Wildman–Crippen MR) is 68.4 cm³/mol. The number of hydrogen-bond acceptors (Lipinski definition) is 4. The van der Waals surface area contributed by atoms with Crippen molar-refractivity contribution in [3.63, 3.8) is 0 Å². The number of halogens is 3. The van der Waals surface area contributed by atoms with E-state index in [9.17, 15) is 13.2 Å². The summed E-state index contributed by atoms with van der Waals surface area (Å²) in [5.74, 6) is 0. The molecule has 1 N–H and O–H groups in total. The quantitative estimate of drug-likeness (QED) is 0.916. The third-order valence-corrected chi connectivity index (χ3v) is 2.68. The average Bonchev–Trinajstić information content (AvgIpc) is 2.47. The van der Waals surface area contributed by atoms with Crippen molar-refractivity contribution >= 4 is 11.4 Å². The van der Waals surface area contributed by atoms with Crippen LogP contribution in [-0.2, 0) is 6.18 Å². The highest BCUT2D eigenvalue weighted by Crippen LogP contribution is 2.32. The molecule has 0 unspecified atom stereocenters. The number of rotatable bonds is 2. The van der Waals surface area contributed by atoms with Crippen LogP contribution >= 0.6 is 0 Å². The summed E-state index contributed by atoms with van der Waals surface area (Å²) in [7, 11) is 0. The molecule has 104 valence electrons. The Hall–Kier alpha value is -3.06. The van der Waals surface area contributed by atoms with Gasteiger partial charge in [-0.3, -0.25) is 4.98 Å². The summed E-state index contributed by atoms with van der Waals surface area (Å²) < 4.78 is 37.8. The van der Waals surface area contributed by atoms with Crippen LogP contribution in [0.4, 0.5) is 24.5 Å². The highest BCUT2D eigenvalue weighted by molar-refractivity contribution is 5.70. The van der Waals surface area contributed by atoms with Gasteiger partial charge in [0.05, 0.1) is 34.3 Å². The maximum Gasteiger partial charge on any atom is 0.416 e. The monoisotopic (exact) mass is 288 g/mol. The van der Waals surface area contributed by atoms with Gasteiger partial charge in [-0.1, -0.05) is 0 Å². The van der Waals surface area contributed by atoms with Crippen molar-refractivity contribution in [2.45, 2.75) is 6.18 Å². The van der Waals surface area contributed by atoms with Gasteiger partial charge in [0.2, 0.25) is 0 Å². The van der Waals surface area contributed by atoms with Gasteiger partial charge in [-0.2, -0.15) is 23.7 Å². The third-order valence-electron chi connectivity index (χ3n) is 2.68. The zero-order valence-corrected chi connectivity index (χ0v) is 10.4. The fourth-order valence-electron chi connectivity index (χ4n) is 1.66. The highest BCUT2D eigenvalue weighted by atomic mass is 19.4. The molecule has 1 heterocycles. The molecular weight excluding hydrogens is 281 g/mol. The lowest BCUT2D eigenvalue weighted by Crippen LogP contribution is -2.06. The summed E-state index contributed by atoms with van der Waals surface area (Å²) in [5.41, 5.74) is -0.311. The first-order valence-corrected chi connectivity index (χ1v) is 5.68. The highest BCUT2D eigenvalue weighted by Gasteiger charge is 2.31. The lowest BCUT2D eigenvalue weighted by molar-refractivity contribution is -0.137. The third kappa shape index (κ3) is 3.10. The van der Waals surface area contributed by atoms with Crippen LogP contribution in [0.1, 0.15) is 16.7 Å². The number of alkyl halides is 3. The molecule has 0 fully saturated rings. The van der Waals surface area contributed by atoms with E-state index in [0.29, 0.717) is 5.69 Å². The van der Waals surface area contributed by atoms with Crippen molar-refractivity contribution in [1.29, 1.82) is 10.5 Å². The molecule has 0 aliphatic heterocycles. The van der Waals surface area contributed by atoms with E-state index in [1.54, 1.807) is 6.07 Å². The van der Waals surface area contributed by atoms with Crippen molar-refractivity contribution in [3.8, 4) is 12.1 Å². The molecule has 0 amide bonds. The second kappa shape index (κ2) is 5.51. The number of nitrogens with zero attached hydrogens (tertiary/aromatic N) is 3. The standard InChI is InChI=1S/C14H7F3N4/c15-14(16,17)11-1-2-12(10(5-11)7-19)21-13-8-20-4-3-9(13)6-18/h1-5,8,21H. The fourth-order valence-corrected chi connectivity index (χ4v) is 1.66. The van der Waals surface area contributed by atoms with Gasteiger partial charge in [-0.25, -0.2) is 0 Å². The number of pyridine rings is 1. The van der Waals surface area contributed by atoms with Crippen molar-refractivity contribution in [2.75, 3.05) is 5.32 Å². The molecule has 1 aromatic carbocycles. The molecule has 0 bridgehead atoms. The molecule has 7 heteroatoms. The van der Waals surface area contributed by atoms with Gasteiger partial charge < -0.3 is 5.32 Å². The predicted octanol–water partition coefficient (Wildman–Crippen LogP) is 3.59. The van der Waals surface area contributed by atoms with E-state index >= 15 is 0 Å².